The third-order valence-corrected chi connectivity index (χ3v) is 11.0. The van der Waals surface area contributed by atoms with Crippen LogP contribution in [0.4, 0.5) is 16.2 Å². The van der Waals surface area contributed by atoms with Crippen LogP contribution in [0, 0.1) is 0 Å². The number of phenolic OH excluding ortho intramolecular Hbond substituents is 1. The number of alkyl halides is 2. The topological polar surface area (TPSA) is 102 Å². The second kappa shape index (κ2) is 13.5. The van der Waals surface area contributed by atoms with E-state index in [1.807, 2.05) is 67.5 Å². The first-order valence-electron chi connectivity index (χ1n) is 16.0. The van der Waals surface area contributed by atoms with Crippen LogP contribution in [0.25, 0.3) is 21.5 Å². The fraction of sp³-hybridized carbons (Fsp3) is 0.270. The molecular weight excluding hydrogens is 683 g/mol. The van der Waals surface area contributed by atoms with Gasteiger partial charge in [-0.2, -0.15) is 0 Å². The van der Waals surface area contributed by atoms with E-state index in [1.165, 1.54) is 0 Å². The van der Waals surface area contributed by atoms with Crippen LogP contribution in [-0.4, -0.2) is 79.9 Å². The molecule has 5 aromatic rings. The second-order valence-electron chi connectivity index (χ2n) is 12.5. The number of rotatable bonds is 8. The second-order valence-corrected chi connectivity index (χ2v) is 14.2. The van der Waals surface area contributed by atoms with Crippen molar-refractivity contribution in [1.29, 1.82) is 0 Å². The molecule has 2 N–H and O–H groups in total. The average Bonchev–Trinajstić information content (AvgIpc) is 3.84. The molecule has 7 rings (SSSR count). The van der Waals surface area contributed by atoms with E-state index in [0.717, 1.165) is 38.6 Å². The lowest BCUT2D eigenvalue weighted by Gasteiger charge is -2.19. The lowest BCUT2D eigenvalue weighted by Crippen LogP contribution is -2.33. The smallest absolute Gasteiger partial charge is 0.412 e. The molecule has 252 valence electrons. The zero-order valence-electron chi connectivity index (χ0n) is 26.9. The number of nitrogens with zero attached hydrogens (tertiary/aromatic N) is 3. The summed E-state index contributed by atoms with van der Waals surface area (Å²) in [6.07, 6.45) is -0.584. The number of fused-ring (bicyclic) bond motifs is 6. The molecule has 2 aliphatic rings. The van der Waals surface area contributed by atoms with Gasteiger partial charge in [0.05, 0.1) is 21.1 Å². The molecule has 3 amide bonds. The molecule has 3 heterocycles. The third-order valence-electron chi connectivity index (χ3n) is 9.19. The predicted octanol–water partition coefficient (Wildman–Crippen LogP) is 7.38. The summed E-state index contributed by atoms with van der Waals surface area (Å²) >= 11 is 14.0. The van der Waals surface area contributed by atoms with E-state index in [0.29, 0.717) is 64.3 Å². The number of phenols is 1. The maximum absolute atomic E-state index is 14.2. The van der Waals surface area contributed by atoms with Gasteiger partial charge in [0, 0.05) is 72.7 Å². The molecular formula is C37H34Cl2N4O5S. The van der Waals surface area contributed by atoms with Gasteiger partial charge in [0.15, 0.2) is 0 Å². The Kier molecular flexibility index (Phi) is 9.15. The van der Waals surface area contributed by atoms with Crippen molar-refractivity contribution in [1.82, 2.24) is 10.2 Å². The van der Waals surface area contributed by atoms with Crippen molar-refractivity contribution < 1.29 is 24.2 Å². The molecule has 4 aromatic carbocycles. The Morgan fingerprint density at radius 2 is 1.33 bits per heavy atom. The van der Waals surface area contributed by atoms with Gasteiger partial charge in [-0.05, 0) is 48.1 Å². The molecule has 0 radical (unpaired) electrons. The van der Waals surface area contributed by atoms with Crippen LogP contribution in [0.15, 0.2) is 72.8 Å². The molecule has 0 spiro atoms. The zero-order valence-corrected chi connectivity index (χ0v) is 29.2. The van der Waals surface area contributed by atoms with Crippen molar-refractivity contribution in [2.24, 2.45) is 0 Å². The molecule has 0 saturated heterocycles. The number of nitrogens with one attached hydrogen (secondary N) is 1. The van der Waals surface area contributed by atoms with Crippen LogP contribution in [0.3, 0.4) is 0 Å². The van der Waals surface area contributed by atoms with Crippen LogP contribution in [0.1, 0.15) is 42.3 Å². The molecule has 0 aliphatic carbocycles. The molecule has 12 heteroatoms. The lowest BCUT2D eigenvalue weighted by molar-refractivity contribution is 0.0986. The maximum Gasteiger partial charge on any atom is 0.412 e. The van der Waals surface area contributed by atoms with Crippen molar-refractivity contribution >= 4 is 85.4 Å². The predicted molar refractivity (Wildman–Crippen MR) is 197 cm³/mol. The number of ether oxygens (including phenoxy) is 1. The summed E-state index contributed by atoms with van der Waals surface area (Å²) in [7, 11) is 3.84. The van der Waals surface area contributed by atoms with E-state index < -0.39 is 6.09 Å². The van der Waals surface area contributed by atoms with E-state index in [2.05, 4.69) is 5.32 Å². The molecule has 49 heavy (non-hydrogen) atoms. The Bertz CT molecular complexity index is 2120. The number of anilines is 2. The monoisotopic (exact) mass is 716 g/mol. The number of thiophene rings is 1. The van der Waals surface area contributed by atoms with Crippen LogP contribution >= 0.6 is 34.5 Å². The summed E-state index contributed by atoms with van der Waals surface area (Å²) in [6.45, 7) is 1.77. The largest absolute Gasteiger partial charge is 0.507 e. The van der Waals surface area contributed by atoms with Gasteiger partial charge >= 0.3 is 6.09 Å². The van der Waals surface area contributed by atoms with E-state index in [1.54, 1.807) is 34.1 Å². The summed E-state index contributed by atoms with van der Waals surface area (Å²) in [4.78, 5) is 47.0. The number of hydrogen-bond acceptors (Lipinski definition) is 7. The van der Waals surface area contributed by atoms with E-state index >= 15 is 0 Å². The van der Waals surface area contributed by atoms with E-state index in [4.69, 9.17) is 27.9 Å². The van der Waals surface area contributed by atoms with Crippen molar-refractivity contribution in [3.8, 4) is 11.5 Å². The lowest BCUT2D eigenvalue weighted by atomic mass is 9.95. The Morgan fingerprint density at radius 1 is 0.816 bits per heavy atom. The highest BCUT2D eigenvalue weighted by Gasteiger charge is 2.38. The average molecular weight is 718 g/mol. The van der Waals surface area contributed by atoms with Gasteiger partial charge in [-0.15, -0.1) is 34.5 Å². The number of hydrogen-bond donors (Lipinski definition) is 2. The van der Waals surface area contributed by atoms with E-state index in [-0.39, 0.29) is 35.3 Å². The minimum absolute atomic E-state index is 0.0906. The quantitative estimate of drug-likeness (QED) is 0.163. The highest BCUT2D eigenvalue weighted by Crippen LogP contribution is 2.48. The molecule has 0 bridgehead atoms. The van der Waals surface area contributed by atoms with Gasteiger partial charge < -0.3 is 29.9 Å². The Labute approximate surface area is 297 Å². The fourth-order valence-electron chi connectivity index (χ4n) is 6.91. The molecule has 0 fully saturated rings. The van der Waals surface area contributed by atoms with Gasteiger partial charge in [-0.1, -0.05) is 48.5 Å². The molecule has 2 atom stereocenters. The van der Waals surface area contributed by atoms with Crippen LogP contribution in [0.2, 0.25) is 0 Å². The molecule has 0 saturated carbocycles. The zero-order chi connectivity index (χ0) is 34.4. The first-order valence-corrected chi connectivity index (χ1v) is 17.8. The number of carbonyl (C=O) groups excluding carboxylic acids is 3. The molecule has 0 unspecified atom stereocenters. The molecule has 9 nitrogen and oxygen atoms in total. The Balaban J connectivity index is 1.19. The highest BCUT2D eigenvalue weighted by molar-refractivity contribution is 7.16. The summed E-state index contributed by atoms with van der Waals surface area (Å²) in [5, 5.41) is 16.8. The van der Waals surface area contributed by atoms with Crippen LogP contribution in [0.5, 0.6) is 11.5 Å². The van der Waals surface area contributed by atoms with E-state index in [9.17, 15) is 19.5 Å². The number of carbonyl (C=O) groups is 3. The van der Waals surface area contributed by atoms with Crippen LogP contribution in [-0.2, 0) is 0 Å². The highest BCUT2D eigenvalue weighted by atomic mass is 35.5. The Morgan fingerprint density at radius 3 is 1.88 bits per heavy atom. The summed E-state index contributed by atoms with van der Waals surface area (Å²) in [5.74, 6) is 0.226. The van der Waals surface area contributed by atoms with Crippen LogP contribution < -0.4 is 19.9 Å². The summed E-state index contributed by atoms with van der Waals surface area (Å²) in [6, 6.07) is 21.9. The molecule has 1 aromatic heterocycles. The summed E-state index contributed by atoms with van der Waals surface area (Å²) < 4.78 is 5.80. The summed E-state index contributed by atoms with van der Waals surface area (Å²) in [5.41, 5.74) is 3.09. The number of benzene rings is 4. The van der Waals surface area contributed by atoms with Crippen molar-refractivity contribution in [2.75, 3.05) is 61.8 Å². The number of likely N-dealkylation sites (N-methyl/N-ethyl adjacent to an activating group) is 1. The standard InChI is InChI=1S/C37H34Cl2N4O5S/c1-41(2)14-13-40-37(47)48-30-16-28-34(26-10-6-4-8-24(26)30)22(18-39)20-43(28)36(46)32-12-11-31(49-32)35(45)42-19-21(17-38)33-25-9-5-3-7-23(25)29(44)15-27(33)42/h3-12,15-16,21-22,44H,13-14,17-20H2,1-2H3,(H,40,47)/t21-,22-/m1/s1. The molecule has 2 aliphatic heterocycles. The van der Waals surface area contributed by atoms with Gasteiger partial charge in [0.1, 0.15) is 11.5 Å². The first-order chi connectivity index (χ1) is 23.7. The maximum atomic E-state index is 14.2. The van der Waals surface area contributed by atoms with Crippen molar-refractivity contribution in [2.45, 2.75) is 11.8 Å². The van der Waals surface area contributed by atoms with Gasteiger partial charge in [-0.3, -0.25) is 9.59 Å². The van der Waals surface area contributed by atoms with Crippen molar-refractivity contribution in [3.05, 3.63) is 93.7 Å². The minimum atomic E-state index is -0.584. The number of amides is 3. The normalized spacial score (nSPS) is 16.8. The first kappa shape index (κ1) is 33.2. The third kappa shape index (κ3) is 5.97. The van der Waals surface area contributed by atoms with Gasteiger partial charge in [-0.25, -0.2) is 4.79 Å². The Hall–Kier alpha value is -4.35. The van der Waals surface area contributed by atoms with Gasteiger partial charge in [0.2, 0.25) is 0 Å². The number of aromatic hydroxyl groups is 1. The fourth-order valence-corrected chi connectivity index (χ4v) is 8.32. The SMILES string of the molecule is CN(C)CCNC(=O)Oc1cc2c(c3ccccc13)[C@H](CCl)CN2C(=O)c1ccc(C(=O)N2C[C@@H](CCl)c3c2cc(O)c2ccccc32)s1. The van der Waals surface area contributed by atoms with Gasteiger partial charge in [0.25, 0.3) is 11.8 Å². The minimum Gasteiger partial charge on any atom is -0.507 e. The number of halogens is 2. The van der Waals surface area contributed by atoms with Crippen molar-refractivity contribution in [3.63, 3.8) is 0 Å².